The third-order valence-corrected chi connectivity index (χ3v) is 5.19. The number of imidazole rings is 1. The Morgan fingerprint density at radius 3 is 2.84 bits per heavy atom. The van der Waals surface area contributed by atoms with Crippen molar-refractivity contribution >= 4 is 5.95 Å². The second kappa shape index (κ2) is 9.26. The molecule has 2 aliphatic rings. The van der Waals surface area contributed by atoms with Gasteiger partial charge >= 0.3 is 5.95 Å². The van der Waals surface area contributed by atoms with Gasteiger partial charge in [0.25, 0.3) is 0 Å². The molecule has 0 bridgehead atoms. The Morgan fingerprint density at radius 2 is 2.12 bits per heavy atom. The van der Waals surface area contributed by atoms with Gasteiger partial charge in [0.15, 0.2) is 6.29 Å². The number of hydrogen-bond donors (Lipinski definition) is 0. The molecule has 3 rings (SSSR count). The summed E-state index contributed by atoms with van der Waals surface area (Å²) in [6, 6.07) is 0. The Hall–Kier alpha value is -1.51. The maximum absolute atomic E-state index is 10.9. The number of aromatic nitrogens is 2. The monoisotopic (exact) mass is 352 g/mol. The molecule has 2 fully saturated rings. The summed E-state index contributed by atoms with van der Waals surface area (Å²) in [7, 11) is 0. The van der Waals surface area contributed by atoms with Crippen molar-refractivity contribution in [3.63, 3.8) is 0 Å². The van der Waals surface area contributed by atoms with Crippen LogP contribution in [0.5, 0.6) is 0 Å². The van der Waals surface area contributed by atoms with Crippen molar-refractivity contribution in [2.75, 3.05) is 32.8 Å². The van der Waals surface area contributed by atoms with Gasteiger partial charge < -0.3 is 24.5 Å². The van der Waals surface area contributed by atoms with Crippen LogP contribution in [-0.2, 0) is 16.0 Å². The van der Waals surface area contributed by atoms with Crippen LogP contribution < -0.4 is 0 Å². The van der Waals surface area contributed by atoms with Crippen molar-refractivity contribution in [3.8, 4) is 0 Å². The molecule has 1 atom stereocenters. The molecular weight excluding hydrogens is 324 g/mol. The van der Waals surface area contributed by atoms with Gasteiger partial charge in [-0.25, -0.2) is 4.57 Å². The summed E-state index contributed by atoms with van der Waals surface area (Å²) in [5.41, 5.74) is 0. The van der Waals surface area contributed by atoms with Crippen LogP contribution in [0.1, 0.15) is 38.5 Å². The molecule has 0 amide bonds. The minimum absolute atomic E-state index is 0.0137. The van der Waals surface area contributed by atoms with Crippen molar-refractivity contribution in [2.45, 2.75) is 51.4 Å². The highest BCUT2D eigenvalue weighted by atomic mass is 16.7. The topological polar surface area (TPSA) is 82.7 Å². The van der Waals surface area contributed by atoms with E-state index in [1.807, 2.05) is 0 Å². The van der Waals surface area contributed by atoms with Crippen LogP contribution in [0.3, 0.4) is 0 Å². The Labute approximate surface area is 148 Å². The fourth-order valence-corrected chi connectivity index (χ4v) is 3.60. The van der Waals surface area contributed by atoms with Crippen molar-refractivity contribution < 1.29 is 14.4 Å². The third kappa shape index (κ3) is 5.49. The van der Waals surface area contributed by atoms with Crippen LogP contribution in [0, 0.1) is 16.0 Å². The lowest BCUT2D eigenvalue weighted by Gasteiger charge is -2.32. The highest BCUT2D eigenvalue weighted by molar-refractivity contribution is 5.06. The van der Waals surface area contributed by atoms with Gasteiger partial charge in [-0.2, -0.15) is 0 Å². The second-order valence-electron chi connectivity index (χ2n) is 6.92. The van der Waals surface area contributed by atoms with Crippen LogP contribution in [0.15, 0.2) is 12.4 Å². The molecule has 0 N–H and O–H groups in total. The molecule has 2 aliphatic heterocycles. The molecular formula is C17H28N4O4. The maximum atomic E-state index is 10.9. The van der Waals surface area contributed by atoms with Crippen molar-refractivity contribution in [1.82, 2.24) is 14.5 Å². The Balaban J connectivity index is 1.30. The van der Waals surface area contributed by atoms with E-state index in [1.54, 1.807) is 10.8 Å². The fourth-order valence-electron chi connectivity index (χ4n) is 3.60. The molecule has 3 heterocycles. The van der Waals surface area contributed by atoms with E-state index < -0.39 is 4.92 Å². The molecule has 25 heavy (non-hydrogen) atoms. The smallest absolute Gasteiger partial charge is 0.390 e. The van der Waals surface area contributed by atoms with E-state index in [9.17, 15) is 10.1 Å². The molecule has 1 aromatic rings. The van der Waals surface area contributed by atoms with Gasteiger partial charge in [-0.1, -0.05) is 4.98 Å². The minimum atomic E-state index is -0.428. The summed E-state index contributed by atoms with van der Waals surface area (Å²) in [5, 5.41) is 10.9. The summed E-state index contributed by atoms with van der Waals surface area (Å²) in [5.74, 6) is 0.638. The SMILES string of the molecule is O=[N+]([O-])c1nccn1CCN1CCC(CCOC2CCCCO2)CC1. The van der Waals surface area contributed by atoms with E-state index in [4.69, 9.17) is 9.47 Å². The molecule has 1 unspecified atom stereocenters. The first-order valence-corrected chi connectivity index (χ1v) is 9.33. The molecule has 8 heteroatoms. The van der Waals surface area contributed by atoms with Crippen LogP contribution in [-0.4, -0.2) is 58.5 Å². The van der Waals surface area contributed by atoms with Crippen LogP contribution in [0.2, 0.25) is 0 Å². The minimum Gasteiger partial charge on any atom is -0.390 e. The van der Waals surface area contributed by atoms with Gasteiger partial charge in [-0.05, 0) is 62.5 Å². The maximum Gasteiger partial charge on any atom is 0.434 e. The zero-order valence-corrected chi connectivity index (χ0v) is 14.7. The largest absolute Gasteiger partial charge is 0.434 e. The number of hydrogen-bond acceptors (Lipinski definition) is 6. The van der Waals surface area contributed by atoms with Crippen LogP contribution in [0.25, 0.3) is 0 Å². The zero-order valence-electron chi connectivity index (χ0n) is 14.7. The molecule has 0 spiro atoms. The molecule has 8 nitrogen and oxygen atoms in total. The number of likely N-dealkylation sites (tertiary alicyclic amines) is 1. The van der Waals surface area contributed by atoms with E-state index in [0.717, 1.165) is 52.1 Å². The Bertz CT molecular complexity index is 537. The fraction of sp³-hybridized carbons (Fsp3) is 0.824. The van der Waals surface area contributed by atoms with Gasteiger partial charge in [-0.3, -0.25) is 0 Å². The first kappa shape index (κ1) is 18.3. The summed E-state index contributed by atoms with van der Waals surface area (Å²) in [6.07, 6.45) is 10.00. The molecule has 140 valence electrons. The lowest BCUT2D eigenvalue weighted by molar-refractivity contribution is -0.396. The first-order valence-electron chi connectivity index (χ1n) is 9.33. The summed E-state index contributed by atoms with van der Waals surface area (Å²) in [6.45, 7) is 5.16. The van der Waals surface area contributed by atoms with Gasteiger partial charge in [0, 0.05) is 19.8 Å². The lowest BCUT2D eigenvalue weighted by Crippen LogP contribution is -2.36. The van der Waals surface area contributed by atoms with E-state index in [1.165, 1.54) is 25.5 Å². The van der Waals surface area contributed by atoms with E-state index >= 15 is 0 Å². The molecule has 0 radical (unpaired) electrons. The third-order valence-electron chi connectivity index (χ3n) is 5.19. The highest BCUT2D eigenvalue weighted by Crippen LogP contribution is 2.22. The number of ether oxygens (including phenoxy) is 2. The van der Waals surface area contributed by atoms with E-state index in [0.29, 0.717) is 12.5 Å². The summed E-state index contributed by atoms with van der Waals surface area (Å²) in [4.78, 5) is 16.6. The molecule has 0 aliphatic carbocycles. The average Bonchev–Trinajstić information content (AvgIpc) is 3.11. The Morgan fingerprint density at radius 1 is 1.28 bits per heavy atom. The van der Waals surface area contributed by atoms with Crippen molar-refractivity contribution in [1.29, 1.82) is 0 Å². The van der Waals surface area contributed by atoms with E-state index in [2.05, 4.69) is 9.88 Å². The number of piperidine rings is 1. The predicted molar refractivity (Wildman–Crippen MR) is 92.2 cm³/mol. The van der Waals surface area contributed by atoms with Crippen LogP contribution >= 0.6 is 0 Å². The van der Waals surface area contributed by atoms with Gasteiger partial charge in [0.2, 0.25) is 0 Å². The van der Waals surface area contributed by atoms with Gasteiger partial charge in [-0.15, -0.1) is 0 Å². The highest BCUT2D eigenvalue weighted by Gasteiger charge is 2.21. The molecule has 0 aromatic carbocycles. The molecule has 0 saturated carbocycles. The first-order chi connectivity index (χ1) is 12.2. The normalized spacial score (nSPS) is 23.0. The predicted octanol–water partition coefficient (Wildman–Crippen LogP) is 2.44. The number of rotatable bonds is 8. The zero-order chi connectivity index (χ0) is 17.5. The Kier molecular flexibility index (Phi) is 6.77. The standard InChI is InChI=1S/C17H28N4O4/c22-21(23)17-18-7-10-20(17)12-11-19-8-4-15(5-9-19)6-14-25-16-3-1-2-13-24-16/h7,10,15-16H,1-6,8-9,11-14H2. The van der Waals surface area contributed by atoms with Crippen LogP contribution in [0.4, 0.5) is 5.95 Å². The average molecular weight is 352 g/mol. The number of nitrogens with zero attached hydrogens (tertiary/aromatic N) is 4. The van der Waals surface area contributed by atoms with Crippen molar-refractivity contribution in [3.05, 3.63) is 22.5 Å². The molecule has 2 saturated heterocycles. The van der Waals surface area contributed by atoms with Crippen molar-refractivity contribution in [2.24, 2.45) is 5.92 Å². The molecule has 1 aromatic heterocycles. The van der Waals surface area contributed by atoms with Gasteiger partial charge in [0.05, 0.1) is 6.54 Å². The second-order valence-corrected chi connectivity index (χ2v) is 6.92. The van der Waals surface area contributed by atoms with Gasteiger partial charge in [0.1, 0.15) is 12.4 Å². The quantitative estimate of drug-likeness (QED) is 0.528. The summed E-state index contributed by atoms with van der Waals surface area (Å²) < 4.78 is 13.0. The number of nitro groups is 1. The van der Waals surface area contributed by atoms with E-state index in [-0.39, 0.29) is 12.2 Å². The summed E-state index contributed by atoms with van der Waals surface area (Å²) >= 11 is 0. The lowest BCUT2D eigenvalue weighted by atomic mass is 9.94.